The average molecular weight is 507 g/mol. The number of alkyl halides is 3. The lowest BCUT2D eigenvalue weighted by Gasteiger charge is -2.44. The van der Waals surface area contributed by atoms with Crippen molar-refractivity contribution in [1.82, 2.24) is 10.4 Å². The molecule has 0 bridgehead atoms. The highest BCUT2D eigenvalue weighted by atomic mass is 19.4. The Balaban J connectivity index is 2.74. The number of hydrazine groups is 1. The molecule has 0 unspecified atom stereocenters. The van der Waals surface area contributed by atoms with E-state index in [1.165, 1.54) is 49.6 Å². The van der Waals surface area contributed by atoms with Crippen LogP contribution in [0, 0.1) is 12.3 Å². The number of ether oxygens (including phenoxy) is 2. The lowest BCUT2D eigenvalue weighted by Crippen LogP contribution is -2.65. The fraction of sp³-hybridized carbons (Fsp3) is 0.407. The summed E-state index contributed by atoms with van der Waals surface area (Å²) in [4.78, 5) is 27.4. The smallest absolute Gasteiger partial charge is 0.431 e. The van der Waals surface area contributed by atoms with Gasteiger partial charge in [-0.25, -0.2) is 5.01 Å². The van der Waals surface area contributed by atoms with Crippen LogP contribution in [0.3, 0.4) is 0 Å². The maximum absolute atomic E-state index is 14.7. The first-order valence-electron chi connectivity index (χ1n) is 11.3. The molecule has 2 atom stereocenters. The fourth-order valence-electron chi connectivity index (χ4n) is 4.10. The third kappa shape index (κ3) is 5.56. The minimum Gasteiger partial charge on any atom is -0.496 e. The number of methoxy groups -OCH3 is 2. The van der Waals surface area contributed by atoms with Gasteiger partial charge in [-0.2, -0.15) is 13.2 Å². The summed E-state index contributed by atoms with van der Waals surface area (Å²) in [5, 5.41) is 0.743. The van der Waals surface area contributed by atoms with Crippen LogP contribution in [-0.2, 0) is 15.1 Å². The summed E-state index contributed by atoms with van der Waals surface area (Å²) in [5.41, 5.74) is -1.45. The van der Waals surface area contributed by atoms with Crippen LogP contribution in [0.1, 0.15) is 48.7 Å². The van der Waals surface area contributed by atoms with Gasteiger partial charge in [-0.15, -0.1) is 6.58 Å². The molecule has 0 saturated heterocycles. The van der Waals surface area contributed by atoms with Crippen molar-refractivity contribution in [1.29, 1.82) is 0 Å². The summed E-state index contributed by atoms with van der Waals surface area (Å²) in [7, 11) is 2.26. The van der Waals surface area contributed by atoms with E-state index in [0.717, 1.165) is 12.1 Å². The van der Waals surface area contributed by atoms with E-state index < -0.39 is 40.6 Å². The van der Waals surface area contributed by atoms with Crippen LogP contribution < -0.4 is 10.2 Å². The van der Waals surface area contributed by atoms with Crippen LogP contribution in [0.4, 0.5) is 13.2 Å². The van der Waals surface area contributed by atoms with Crippen molar-refractivity contribution < 1.29 is 32.2 Å². The van der Waals surface area contributed by atoms with E-state index in [1.54, 1.807) is 39.8 Å². The molecule has 6 nitrogen and oxygen atoms in total. The van der Waals surface area contributed by atoms with Gasteiger partial charge < -0.3 is 9.47 Å². The number of benzene rings is 2. The zero-order chi connectivity index (χ0) is 27.3. The summed E-state index contributed by atoms with van der Waals surface area (Å²) in [6.07, 6.45) is -3.55. The number of amides is 2. The zero-order valence-corrected chi connectivity index (χ0v) is 21.4. The molecule has 2 amide bonds. The topological polar surface area (TPSA) is 67.9 Å². The van der Waals surface area contributed by atoms with Crippen molar-refractivity contribution >= 4 is 11.8 Å². The Labute approximate surface area is 210 Å². The molecule has 0 aliphatic carbocycles. The molecule has 1 N–H and O–H groups in total. The Bertz CT molecular complexity index is 1080. The first-order valence-corrected chi connectivity index (χ1v) is 11.3. The summed E-state index contributed by atoms with van der Waals surface area (Å²) in [6.45, 7) is 10.6. The molecule has 2 aromatic carbocycles. The molecule has 36 heavy (non-hydrogen) atoms. The molecule has 0 fully saturated rings. The third-order valence-electron chi connectivity index (χ3n) is 6.08. The Morgan fingerprint density at radius 2 is 1.67 bits per heavy atom. The predicted molar refractivity (Wildman–Crippen MR) is 131 cm³/mol. The van der Waals surface area contributed by atoms with Gasteiger partial charge in [0.1, 0.15) is 5.75 Å². The third-order valence-corrected chi connectivity index (χ3v) is 6.08. The zero-order valence-electron chi connectivity index (χ0n) is 21.4. The second-order valence-corrected chi connectivity index (χ2v) is 9.40. The SMILES string of the molecule is C=CC[C@@H](N(NC(=O)c1cccc(OC)c1C)C(=O)[C@@](OC)(c1ccccc1)C(F)(F)F)C(C)(C)C. The van der Waals surface area contributed by atoms with Crippen molar-refractivity contribution in [3.63, 3.8) is 0 Å². The van der Waals surface area contributed by atoms with Crippen LogP contribution in [0.2, 0.25) is 0 Å². The molecular formula is C27H33F3N2O4. The summed E-state index contributed by atoms with van der Waals surface area (Å²) in [5.74, 6) is -1.82. The number of halogens is 3. The molecular weight excluding hydrogens is 473 g/mol. The van der Waals surface area contributed by atoms with Crippen molar-refractivity contribution in [2.45, 2.75) is 51.9 Å². The summed E-state index contributed by atoms with van der Waals surface area (Å²) >= 11 is 0. The lowest BCUT2D eigenvalue weighted by atomic mass is 9.82. The van der Waals surface area contributed by atoms with Crippen molar-refractivity contribution in [3.05, 3.63) is 77.9 Å². The molecule has 0 aliphatic heterocycles. The summed E-state index contributed by atoms with van der Waals surface area (Å²) in [6, 6.07) is 10.5. The van der Waals surface area contributed by atoms with Gasteiger partial charge in [-0.3, -0.25) is 15.0 Å². The highest BCUT2D eigenvalue weighted by molar-refractivity contribution is 5.98. The van der Waals surface area contributed by atoms with Crippen molar-refractivity contribution in [3.8, 4) is 5.75 Å². The van der Waals surface area contributed by atoms with Crippen LogP contribution in [0.15, 0.2) is 61.2 Å². The summed E-state index contributed by atoms with van der Waals surface area (Å²) < 4.78 is 54.4. The number of hydrogen-bond donors (Lipinski definition) is 1. The van der Waals surface area contributed by atoms with E-state index in [0.29, 0.717) is 11.3 Å². The van der Waals surface area contributed by atoms with Crippen LogP contribution in [-0.4, -0.2) is 43.3 Å². The number of nitrogens with zero attached hydrogens (tertiary/aromatic N) is 1. The van der Waals surface area contributed by atoms with Gasteiger partial charge in [0.2, 0.25) is 0 Å². The number of hydrogen-bond acceptors (Lipinski definition) is 4. The van der Waals surface area contributed by atoms with Gasteiger partial charge in [-0.05, 0) is 30.9 Å². The predicted octanol–water partition coefficient (Wildman–Crippen LogP) is 5.57. The quantitative estimate of drug-likeness (QED) is 0.375. The molecule has 0 heterocycles. The van der Waals surface area contributed by atoms with Crippen molar-refractivity contribution in [2.75, 3.05) is 14.2 Å². The maximum atomic E-state index is 14.7. The first kappa shape index (κ1) is 28.9. The van der Waals surface area contributed by atoms with Gasteiger partial charge >= 0.3 is 6.18 Å². The molecule has 2 aromatic rings. The molecule has 0 aromatic heterocycles. The average Bonchev–Trinajstić information content (AvgIpc) is 2.81. The van der Waals surface area contributed by atoms with Gasteiger partial charge in [0.15, 0.2) is 0 Å². The van der Waals surface area contributed by atoms with Gasteiger partial charge in [-0.1, -0.05) is 63.2 Å². The second kappa shape index (κ2) is 11.2. The number of carbonyl (C=O) groups excluding carboxylic acids is 2. The maximum Gasteiger partial charge on any atom is 0.431 e. The molecule has 0 radical (unpaired) electrons. The van der Waals surface area contributed by atoms with E-state index >= 15 is 0 Å². The number of rotatable bonds is 8. The standard InChI is InChI=1S/C27H33F3N2O4/c1-8-13-22(25(3,4)5)32(31-23(33)20-16-12-17-21(35-6)18(20)2)24(34)26(36-7,27(28,29)30)19-14-10-9-11-15-19/h8-12,14-17,22H,1,13H2,2-7H3,(H,31,33)/t22-,26+/m1/s1. The molecule has 9 heteroatoms. The Hall–Kier alpha value is -3.33. The van der Waals surface area contributed by atoms with Crippen LogP contribution in [0.5, 0.6) is 5.75 Å². The molecule has 0 spiro atoms. The van der Waals surface area contributed by atoms with Gasteiger partial charge in [0.05, 0.1) is 13.2 Å². The van der Waals surface area contributed by atoms with E-state index in [2.05, 4.69) is 12.0 Å². The molecule has 0 saturated carbocycles. The molecule has 196 valence electrons. The monoisotopic (exact) mass is 506 g/mol. The van der Waals surface area contributed by atoms with Crippen LogP contribution in [0.25, 0.3) is 0 Å². The first-order chi connectivity index (χ1) is 16.8. The highest BCUT2D eigenvalue weighted by Crippen LogP contribution is 2.44. The van der Waals surface area contributed by atoms with E-state index in [4.69, 9.17) is 9.47 Å². The van der Waals surface area contributed by atoms with E-state index in [1.807, 2.05) is 0 Å². The minimum absolute atomic E-state index is 0.110. The Morgan fingerprint density at radius 1 is 1.06 bits per heavy atom. The Morgan fingerprint density at radius 3 is 2.14 bits per heavy atom. The fourth-order valence-corrected chi connectivity index (χ4v) is 4.10. The number of carbonyl (C=O) groups is 2. The second-order valence-electron chi connectivity index (χ2n) is 9.40. The highest BCUT2D eigenvalue weighted by Gasteiger charge is 2.65. The minimum atomic E-state index is -5.15. The van der Waals surface area contributed by atoms with Gasteiger partial charge in [0, 0.05) is 23.8 Å². The normalized spacial score (nSPS) is 14.4. The lowest BCUT2D eigenvalue weighted by molar-refractivity contribution is -0.273. The number of nitrogens with one attached hydrogen (secondary N) is 1. The van der Waals surface area contributed by atoms with E-state index in [9.17, 15) is 22.8 Å². The largest absolute Gasteiger partial charge is 0.496 e. The van der Waals surface area contributed by atoms with Crippen LogP contribution >= 0.6 is 0 Å². The van der Waals surface area contributed by atoms with E-state index in [-0.39, 0.29) is 12.0 Å². The molecule has 2 rings (SSSR count). The molecule has 0 aliphatic rings. The van der Waals surface area contributed by atoms with Gasteiger partial charge in [0.25, 0.3) is 17.4 Å². The van der Waals surface area contributed by atoms with Crippen molar-refractivity contribution in [2.24, 2.45) is 5.41 Å². The Kier molecular flexibility index (Phi) is 8.96.